The van der Waals surface area contributed by atoms with Crippen LogP contribution in [-0.2, 0) is 9.59 Å². The largest absolute Gasteiger partial charge is 0.491 e. The van der Waals surface area contributed by atoms with Crippen LogP contribution in [0.25, 0.3) is 11.1 Å². The number of hydrogen-bond donors (Lipinski definition) is 2. The number of carboxylic acid groups (broad SMARTS) is 1. The van der Waals surface area contributed by atoms with Gasteiger partial charge in [-0.1, -0.05) is 48.5 Å². The van der Waals surface area contributed by atoms with Crippen LogP contribution in [0.15, 0.2) is 54.6 Å². The normalized spacial score (nSPS) is 10.1. The van der Waals surface area contributed by atoms with Gasteiger partial charge in [-0.15, -0.1) is 0 Å². The Morgan fingerprint density at radius 3 is 2.39 bits per heavy atom. The van der Waals surface area contributed by atoms with E-state index in [0.717, 1.165) is 16.9 Å². The van der Waals surface area contributed by atoms with E-state index in [9.17, 15) is 9.59 Å². The molecular weight excluding hydrogens is 294 g/mol. The van der Waals surface area contributed by atoms with Crippen molar-refractivity contribution in [2.75, 3.05) is 13.2 Å². The lowest BCUT2D eigenvalue weighted by Crippen LogP contribution is -2.28. The summed E-state index contributed by atoms with van der Waals surface area (Å²) in [6.45, 7) is 0.657. The van der Waals surface area contributed by atoms with Crippen molar-refractivity contribution in [2.24, 2.45) is 0 Å². The maximum atomic E-state index is 11.4. The van der Waals surface area contributed by atoms with Crippen LogP contribution in [-0.4, -0.2) is 30.1 Å². The van der Waals surface area contributed by atoms with Crippen molar-refractivity contribution in [1.82, 2.24) is 5.32 Å². The summed E-state index contributed by atoms with van der Waals surface area (Å²) in [7, 11) is 0. The fourth-order valence-electron chi connectivity index (χ4n) is 2.11. The Morgan fingerprint density at radius 1 is 0.957 bits per heavy atom. The quantitative estimate of drug-likeness (QED) is 0.735. The Morgan fingerprint density at radius 2 is 1.65 bits per heavy atom. The molecule has 0 atom stereocenters. The van der Waals surface area contributed by atoms with Gasteiger partial charge in [-0.2, -0.15) is 0 Å². The predicted octanol–water partition coefficient (Wildman–Crippen LogP) is 2.71. The van der Waals surface area contributed by atoms with Gasteiger partial charge in [0.05, 0.1) is 13.0 Å². The van der Waals surface area contributed by atoms with Crippen molar-refractivity contribution in [3.63, 3.8) is 0 Å². The molecule has 1 amide bonds. The maximum absolute atomic E-state index is 11.4. The summed E-state index contributed by atoms with van der Waals surface area (Å²) >= 11 is 0. The first-order valence-corrected chi connectivity index (χ1v) is 7.42. The molecule has 0 aliphatic rings. The van der Waals surface area contributed by atoms with Crippen molar-refractivity contribution in [2.45, 2.75) is 12.8 Å². The van der Waals surface area contributed by atoms with E-state index in [2.05, 4.69) is 5.32 Å². The number of hydrogen-bond acceptors (Lipinski definition) is 3. The molecule has 2 rings (SSSR count). The lowest BCUT2D eigenvalue weighted by molar-refractivity contribution is -0.138. The first-order valence-electron chi connectivity index (χ1n) is 7.42. The number of amides is 1. The van der Waals surface area contributed by atoms with Gasteiger partial charge < -0.3 is 15.2 Å². The second-order valence-corrected chi connectivity index (χ2v) is 4.95. The highest BCUT2D eigenvalue weighted by atomic mass is 16.5. The zero-order chi connectivity index (χ0) is 16.5. The molecule has 5 nitrogen and oxygen atoms in total. The maximum Gasteiger partial charge on any atom is 0.303 e. The molecular formula is C18H19NO4. The smallest absolute Gasteiger partial charge is 0.303 e. The molecule has 5 heteroatoms. The number of rotatable bonds is 8. The molecule has 0 aliphatic carbocycles. The topological polar surface area (TPSA) is 75.6 Å². The minimum Gasteiger partial charge on any atom is -0.491 e. The van der Waals surface area contributed by atoms with Gasteiger partial charge in [-0.25, -0.2) is 0 Å². The van der Waals surface area contributed by atoms with Crippen LogP contribution in [0.5, 0.6) is 5.75 Å². The molecule has 0 unspecified atom stereocenters. The van der Waals surface area contributed by atoms with Crippen LogP contribution >= 0.6 is 0 Å². The second kappa shape index (κ2) is 8.58. The third-order valence-electron chi connectivity index (χ3n) is 3.22. The zero-order valence-corrected chi connectivity index (χ0v) is 12.7. The summed E-state index contributed by atoms with van der Waals surface area (Å²) in [6.07, 6.45) is -0.181. The minimum atomic E-state index is -0.979. The van der Waals surface area contributed by atoms with Crippen molar-refractivity contribution in [1.29, 1.82) is 0 Å². The number of carbonyl (C=O) groups excluding carboxylic acids is 1. The number of benzene rings is 2. The third-order valence-corrected chi connectivity index (χ3v) is 3.22. The van der Waals surface area contributed by atoms with Gasteiger partial charge in [-0.05, 0) is 11.6 Å². The van der Waals surface area contributed by atoms with Gasteiger partial charge in [0.1, 0.15) is 12.4 Å². The summed E-state index contributed by atoms with van der Waals surface area (Å²) < 4.78 is 5.74. The summed E-state index contributed by atoms with van der Waals surface area (Å²) in [5, 5.41) is 11.2. The van der Waals surface area contributed by atoms with Crippen LogP contribution < -0.4 is 10.1 Å². The van der Waals surface area contributed by atoms with E-state index in [4.69, 9.17) is 9.84 Å². The molecule has 0 aromatic heterocycles. The minimum absolute atomic E-state index is 0.0179. The molecule has 0 radical (unpaired) electrons. The summed E-state index contributed by atoms with van der Waals surface area (Å²) in [6, 6.07) is 17.6. The standard InChI is InChI=1S/C18H19NO4/c20-17(10-11-18(21)22)19-12-13-23-16-9-5-4-8-15(16)14-6-2-1-3-7-14/h1-9H,10-13H2,(H,19,20)(H,21,22). The van der Waals surface area contributed by atoms with Gasteiger partial charge in [0.15, 0.2) is 0 Å². The van der Waals surface area contributed by atoms with E-state index in [1.165, 1.54) is 0 Å². The van der Waals surface area contributed by atoms with Crippen molar-refractivity contribution in [3.05, 3.63) is 54.6 Å². The third kappa shape index (κ3) is 5.47. The lowest BCUT2D eigenvalue weighted by Gasteiger charge is -2.12. The number of nitrogens with one attached hydrogen (secondary N) is 1. The fourth-order valence-corrected chi connectivity index (χ4v) is 2.11. The van der Waals surface area contributed by atoms with Gasteiger partial charge in [-0.3, -0.25) is 9.59 Å². The highest BCUT2D eigenvalue weighted by Gasteiger charge is 2.07. The number of ether oxygens (including phenoxy) is 1. The van der Waals surface area contributed by atoms with Crippen LogP contribution in [0.4, 0.5) is 0 Å². The molecule has 0 spiro atoms. The monoisotopic (exact) mass is 313 g/mol. The van der Waals surface area contributed by atoms with Crippen molar-refractivity contribution < 1.29 is 19.4 Å². The van der Waals surface area contributed by atoms with Crippen molar-refractivity contribution in [3.8, 4) is 16.9 Å². The Balaban J connectivity index is 1.85. The van der Waals surface area contributed by atoms with Crippen molar-refractivity contribution >= 4 is 11.9 Å². The van der Waals surface area contributed by atoms with E-state index in [1.807, 2.05) is 54.6 Å². The first kappa shape index (κ1) is 16.5. The number of aliphatic carboxylic acids is 1. The van der Waals surface area contributed by atoms with E-state index in [1.54, 1.807) is 0 Å². The molecule has 0 saturated heterocycles. The average Bonchev–Trinajstić information content (AvgIpc) is 2.58. The molecule has 2 aromatic carbocycles. The van der Waals surface area contributed by atoms with Gasteiger partial charge >= 0.3 is 5.97 Å². The molecule has 2 N–H and O–H groups in total. The lowest BCUT2D eigenvalue weighted by atomic mass is 10.1. The molecule has 0 bridgehead atoms. The van der Waals surface area contributed by atoms with Gasteiger partial charge in [0.25, 0.3) is 0 Å². The first-order chi connectivity index (χ1) is 11.2. The average molecular weight is 313 g/mol. The van der Waals surface area contributed by atoms with Gasteiger partial charge in [0.2, 0.25) is 5.91 Å². The Labute approximate surface area is 134 Å². The Bertz CT molecular complexity index is 655. The molecule has 0 fully saturated rings. The molecule has 23 heavy (non-hydrogen) atoms. The van der Waals surface area contributed by atoms with E-state index in [-0.39, 0.29) is 18.7 Å². The Hall–Kier alpha value is -2.82. The zero-order valence-electron chi connectivity index (χ0n) is 12.7. The number of carbonyl (C=O) groups is 2. The Kier molecular flexibility index (Phi) is 6.17. The molecule has 0 saturated carbocycles. The molecule has 0 aliphatic heterocycles. The van der Waals surface area contributed by atoms with E-state index >= 15 is 0 Å². The van der Waals surface area contributed by atoms with Crippen LogP contribution in [0.1, 0.15) is 12.8 Å². The van der Waals surface area contributed by atoms with Crippen LogP contribution in [0.3, 0.4) is 0 Å². The molecule has 120 valence electrons. The van der Waals surface area contributed by atoms with E-state index in [0.29, 0.717) is 13.2 Å². The predicted molar refractivity (Wildman–Crippen MR) is 87.3 cm³/mol. The highest BCUT2D eigenvalue weighted by molar-refractivity contribution is 5.80. The van der Waals surface area contributed by atoms with E-state index < -0.39 is 5.97 Å². The highest BCUT2D eigenvalue weighted by Crippen LogP contribution is 2.29. The fraction of sp³-hybridized carbons (Fsp3) is 0.222. The number of carboxylic acids is 1. The SMILES string of the molecule is O=C(O)CCC(=O)NCCOc1ccccc1-c1ccccc1. The second-order valence-electron chi connectivity index (χ2n) is 4.95. The number of para-hydroxylation sites is 1. The van der Waals surface area contributed by atoms with Gasteiger partial charge in [0, 0.05) is 12.0 Å². The molecule has 2 aromatic rings. The summed E-state index contributed by atoms with van der Waals surface area (Å²) in [5.74, 6) is -0.515. The van der Waals surface area contributed by atoms with Crippen LogP contribution in [0.2, 0.25) is 0 Å². The molecule has 0 heterocycles. The van der Waals surface area contributed by atoms with Crippen LogP contribution in [0, 0.1) is 0 Å². The summed E-state index contributed by atoms with van der Waals surface area (Å²) in [5.41, 5.74) is 2.05. The summed E-state index contributed by atoms with van der Waals surface area (Å²) in [4.78, 5) is 21.8.